The summed E-state index contributed by atoms with van der Waals surface area (Å²) in [5.74, 6) is -0.111. The number of nitrogens with one attached hydrogen (secondary N) is 1. The van der Waals surface area contributed by atoms with Gasteiger partial charge >= 0.3 is 5.97 Å². The van der Waals surface area contributed by atoms with Gasteiger partial charge in [0.15, 0.2) is 0 Å². The Hall–Kier alpha value is -2.65. The van der Waals surface area contributed by atoms with Gasteiger partial charge in [-0.05, 0) is 61.9 Å². The van der Waals surface area contributed by atoms with Crippen LogP contribution in [-0.4, -0.2) is 18.5 Å². The number of ether oxygens (including phenoxy) is 1. The van der Waals surface area contributed by atoms with Gasteiger partial charge in [-0.1, -0.05) is 6.92 Å². The van der Waals surface area contributed by atoms with Crippen LogP contribution in [0.2, 0.25) is 0 Å². The first-order valence-corrected chi connectivity index (χ1v) is 9.48. The number of anilines is 1. The third-order valence-electron chi connectivity index (χ3n) is 4.49. The average Bonchev–Trinajstić information content (AvgIpc) is 2.98. The van der Waals surface area contributed by atoms with Gasteiger partial charge in [0.1, 0.15) is 5.00 Å². The van der Waals surface area contributed by atoms with Gasteiger partial charge in [-0.3, -0.25) is 4.79 Å². The molecule has 0 saturated carbocycles. The molecule has 2 aromatic rings. The molecule has 1 heterocycles. The Labute approximate surface area is 156 Å². The monoisotopic (exact) mass is 368 g/mol. The number of carbonyl (C=O) groups is 2. The van der Waals surface area contributed by atoms with Crippen molar-refractivity contribution in [1.29, 1.82) is 5.26 Å². The zero-order valence-corrected chi connectivity index (χ0v) is 15.6. The molecular formula is C20H20N2O3S. The topological polar surface area (TPSA) is 79.2 Å². The predicted molar refractivity (Wildman–Crippen MR) is 101 cm³/mol. The Morgan fingerprint density at radius 3 is 2.73 bits per heavy atom. The number of hydrogen-bond donors (Lipinski definition) is 1. The molecule has 0 aliphatic heterocycles. The first-order chi connectivity index (χ1) is 12.5. The number of benzene rings is 1. The highest BCUT2D eigenvalue weighted by atomic mass is 32.1. The molecule has 1 aliphatic rings. The van der Waals surface area contributed by atoms with E-state index in [1.807, 2.05) is 6.07 Å². The summed E-state index contributed by atoms with van der Waals surface area (Å²) in [6.45, 7) is 4.26. The Balaban J connectivity index is 1.91. The molecule has 0 spiro atoms. The summed E-state index contributed by atoms with van der Waals surface area (Å²) in [5.41, 5.74) is 2.45. The molecule has 1 atom stereocenters. The fraction of sp³-hybridized carbons (Fsp3) is 0.350. The fourth-order valence-electron chi connectivity index (χ4n) is 3.13. The van der Waals surface area contributed by atoms with E-state index >= 15 is 0 Å². The zero-order valence-electron chi connectivity index (χ0n) is 14.8. The van der Waals surface area contributed by atoms with Crippen molar-refractivity contribution < 1.29 is 14.3 Å². The standard InChI is InChI=1S/C20H20N2O3S/c1-3-25-20(24)17-15-9-4-12(2)10-16(15)26-19(17)22-18(23)14-7-5-13(11-21)6-8-14/h5-8,12H,3-4,9-10H2,1-2H3,(H,22,23). The number of hydrogen-bond acceptors (Lipinski definition) is 5. The quantitative estimate of drug-likeness (QED) is 0.821. The Morgan fingerprint density at radius 1 is 1.35 bits per heavy atom. The number of thiophene rings is 1. The van der Waals surface area contributed by atoms with Gasteiger partial charge in [0.2, 0.25) is 0 Å². The zero-order chi connectivity index (χ0) is 18.7. The highest BCUT2D eigenvalue weighted by molar-refractivity contribution is 7.17. The Kier molecular flexibility index (Phi) is 5.38. The molecule has 0 bridgehead atoms. The molecule has 26 heavy (non-hydrogen) atoms. The highest BCUT2D eigenvalue weighted by Crippen LogP contribution is 2.40. The van der Waals surface area contributed by atoms with Crippen molar-refractivity contribution in [3.63, 3.8) is 0 Å². The SMILES string of the molecule is CCOC(=O)c1c(NC(=O)c2ccc(C#N)cc2)sc2c1CCC(C)C2. The van der Waals surface area contributed by atoms with Gasteiger partial charge in [0, 0.05) is 10.4 Å². The van der Waals surface area contributed by atoms with Crippen molar-refractivity contribution in [2.24, 2.45) is 5.92 Å². The summed E-state index contributed by atoms with van der Waals surface area (Å²) >= 11 is 1.47. The lowest BCUT2D eigenvalue weighted by molar-refractivity contribution is 0.0526. The summed E-state index contributed by atoms with van der Waals surface area (Å²) in [6.07, 6.45) is 2.77. The molecule has 3 rings (SSSR count). The van der Waals surface area contributed by atoms with Crippen LogP contribution < -0.4 is 5.32 Å². The summed E-state index contributed by atoms with van der Waals surface area (Å²) in [5, 5.41) is 12.3. The van der Waals surface area contributed by atoms with Gasteiger partial charge in [-0.2, -0.15) is 5.26 Å². The van der Waals surface area contributed by atoms with Crippen LogP contribution in [0.1, 0.15) is 57.0 Å². The van der Waals surface area contributed by atoms with E-state index in [4.69, 9.17) is 10.00 Å². The maximum Gasteiger partial charge on any atom is 0.341 e. The number of esters is 1. The van der Waals surface area contributed by atoms with Crippen LogP contribution in [0.25, 0.3) is 0 Å². The van der Waals surface area contributed by atoms with Crippen LogP contribution >= 0.6 is 11.3 Å². The molecule has 1 unspecified atom stereocenters. The highest BCUT2D eigenvalue weighted by Gasteiger charge is 2.29. The summed E-state index contributed by atoms with van der Waals surface area (Å²) in [6, 6.07) is 8.44. The molecule has 1 aliphatic carbocycles. The van der Waals surface area contributed by atoms with E-state index in [0.717, 1.165) is 29.7 Å². The molecule has 134 valence electrons. The number of nitrogens with zero attached hydrogens (tertiary/aromatic N) is 1. The number of amides is 1. The third kappa shape index (κ3) is 3.63. The first kappa shape index (κ1) is 18.2. The molecule has 5 nitrogen and oxygen atoms in total. The molecule has 1 N–H and O–H groups in total. The van der Waals surface area contributed by atoms with Crippen molar-refractivity contribution in [3.05, 3.63) is 51.4 Å². The summed E-state index contributed by atoms with van der Waals surface area (Å²) in [4.78, 5) is 26.2. The lowest BCUT2D eigenvalue weighted by Crippen LogP contribution is -2.16. The van der Waals surface area contributed by atoms with Crippen LogP contribution in [0, 0.1) is 17.2 Å². The van der Waals surface area contributed by atoms with Crippen LogP contribution in [0.3, 0.4) is 0 Å². The first-order valence-electron chi connectivity index (χ1n) is 8.66. The van der Waals surface area contributed by atoms with E-state index in [0.29, 0.717) is 34.2 Å². The van der Waals surface area contributed by atoms with Crippen LogP contribution in [0.15, 0.2) is 24.3 Å². The fourth-order valence-corrected chi connectivity index (χ4v) is 4.52. The van der Waals surface area contributed by atoms with Crippen molar-refractivity contribution in [2.75, 3.05) is 11.9 Å². The van der Waals surface area contributed by atoms with Gasteiger partial charge < -0.3 is 10.1 Å². The maximum absolute atomic E-state index is 12.6. The van der Waals surface area contributed by atoms with Gasteiger partial charge in [0.05, 0.1) is 23.8 Å². The van der Waals surface area contributed by atoms with E-state index in [1.165, 1.54) is 11.3 Å². The minimum atomic E-state index is -0.380. The average molecular weight is 368 g/mol. The second-order valence-corrected chi connectivity index (χ2v) is 7.52. The Morgan fingerprint density at radius 2 is 2.08 bits per heavy atom. The lowest BCUT2D eigenvalue weighted by Gasteiger charge is -2.18. The molecule has 1 amide bonds. The van der Waals surface area contributed by atoms with Gasteiger partial charge in [0.25, 0.3) is 5.91 Å². The number of nitriles is 1. The summed E-state index contributed by atoms with van der Waals surface area (Å²) in [7, 11) is 0. The number of carbonyl (C=O) groups excluding carboxylic acids is 2. The van der Waals surface area contributed by atoms with Crippen molar-refractivity contribution in [1.82, 2.24) is 0 Å². The van der Waals surface area contributed by atoms with Crippen molar-refractivity contribution in [3.8, 4) is 6.07 Å². The van der Waals surface area contributed by atoms with Crippen LogP contribution in [0.5, 0.6) is 0 Å². The lowest BCUT2D eigenvalue weighted by atomic mass is 9.88. The molecule has 0 fully saturated rings. The number of rotatable bonds is 4. The normalized spacial score (nSPS) is 15.7. The van der Waals surface area contributed by atoms with Crippen molar-refractivity contribution in [2.45, 2.75) is 33.1 Å². The smallest absolute Gasteiger partial charge is 0.341 e. The minimum absolute atomic E-state index is 0.295. The van der Waals surface area contributed by atoms with Crippen LogP contribution in [-0.2, 0) is 17.6 Å². The van der Waals surface area contributed by atoms with Crippen molar-refractivity contribution >= 4 is 28.2 Å². The molecule has 0 saturated heterocycles. The number of fused-ring (bicyclic) bond motifs is 1. The largest absolute Gasteiger partial charge is 0.462 e. The van der Waals surface area contributed by atoms with E-state index in [2.05, 4.69) is 12.2 Å². The van der Waals surface area contributed by atoms with E-state index in [9.17, 15) is 9.59 Å². The molecule has 0 radical (unpaired) electrons. The van der Waals surface area contributed by atoms with E-state index in [1.54, 1.807) is 31.2 Å². The van der Waals surface area contributed by atoms with E-state index < -0.39 is 0 Å². The van der Waals surface area contributed by atoms with E-state index in [-0.39, 0.29) is 11.9 Å². The van der Waals surface area contributed by atoms with Gasteiger partial charge in [-0.15, -0.1) is 11.3 Å². The predicted octanol–water partition coefficient (Wildman–Crippen LogP) is 4.17. The summed E-state index contributed by atoms with van der Waals surface area (Å²) < 4.78 is 5.22. The second-order valence-electron chi connectivity index (χ2n) is 6.42. The maximum atomic E-state index is 12.6. The molecule has 1 aromatic carbocycles. The molecule has 6 heteroatoms. The molecule has 1 aromatic heterocycles. The van der Waals surface area contributed by atoms with Gasteiger partial charge in [-0.25, -0.2) is 4.79 Å². The molecular weight excluding hydrogens is 348 g/mol. The minimum Gasteiger partial charge on any atom is -0.462 e. The van der Waals surface area contributed by atoms with Crippen LogP contribution in [0.4, 0.5) is 5.00 Å². The Bertz CT molecular complexity index is 878. The second kappa shape index (κ2) is 7.71. The third-order valence-corrected chi connectivity index (χ3v) is 5.66.